The van der Waals surface area contributed by atoms with Crippen LogP contribution in [0.1, 0.15) is 36.9 Å². The molecule has 0 bridgehead atoms. The molecular formula is C20H20F3N7OS. The topological polar surface area (TPSA) is 90.3 Å². The van der Waals surface area contributed by atoms with Crippen LogP contribution in [0.4, 0.5) is 13.2 Å². The summed E-state index contributed by atoms with van der Waals surface area (Å²) in [4.78, 5) is 13.2. The van der Waals surface area contributed by atoms with Gasteiger partial charge < -0.3 is 4.57 Å². The molecule has 4 heterocycles. The van der Waals surface area contributed by atoms with E-state index < -0.39 is 21.5 Å². The average Bonchev–Trinajstić information content (AvgIpc) is 3.48. The molecule has 5 rings (SSSR count). The number of fused-ring (bicyclic) bond motifs is 2. The van der Waals surface area contributed by atoms with Gasteiger partial charge in [0.1, 0.15) is 11.3 Å². The fourth-order valence-electron chi connectivity index (χ4n) is 3.76. The Bertz CT molecular complexity index is 1490. The molecule has 1 unspecified atom stereocenters. The van der Waals surface area contributed by atoms with Crippen LogP contribution in [-0.4, -0.2) is 46.1 Å². The Morgan fingerprint density at radius 2 is 2.00 bits per heavy atom. The van der Waals surface area contributed by atoms with E-state index in [1.54, 1.807) is 24.7 Å². The normalized spacial score (nSPS) is 16.6. The number of nitrogens with zero attached hydrogens (tertiary/aromatic N) is 7. The number of aromatic nitrogens is 6. The zero-order valence-corrected chi connectivity index (χ0v) is 18.4. The highest BCUT2D eigenvalue weighted by molar-refractivity contribution is 7.93. The molecule has 1 saturated carbocycles. The molecule has 0 N–H and O–H groups in total. The highest BCUT2D eigenvalue weighted by Gasteiger charge is 2.33. The van der Waals surface area contributed by atoms with E-state index in [1.165, 1.54) is 11.6 Å². The van der Waals surface area contributed by atoms with Crippen molar-refractivity contribution in [2.75, 3.05) is 12.8 Å². The Hall–Kier alpha value is -3.02. The first-order chi connectivity index (χ1) is 15.2. The third-order valence-electron chi connectivity index (χ3n) is 5.72. The van der Waals surface area contributed by atoms with Crippen molar-refractivity contribution in [3.05, 3.63) is 35.8 Å². The minimum absolute atomic E-state index is 0.0809. The zero-order chi connectivity index (χ0) is 22.8. The van der Waals surface area contributed by atoms with E-state index >= 15 is 0 Å². The van der Waals surface area contributed by atoms with Gasteiger partial charge in [-0.2, -0.15) is 18.3 Å². The molecule has 12 heteroatoms. The van der Waals surface area contributed by atoms with Crippen LogP contribution in [0.15, 0.2) is 33.9 Å². The Morgan fingerprint density at radius 1 is 1.25 bits per heavy atom. The Balaban J connectivity index is 1.84. The van der Waals surface area contributed by atoms with Gasteiger partial charge in [0.05, 0.1) is 20.9 Å². The largest absolute Gasteiger partial charge is 0.417 e. The van der Waals surface area contributed by atoms with Crippen LogP contribution in [0.25, 0.3) is 28.2 Å². The maximum atomic E-state index is 13.6. The van der Waals surface area contributed by atoms with Crippen LogP contribution < -0.4 is 0 Å². The van der Waals surface area contributed by atoms with Crippen molar-refractivity contribution in [1.29, 1.82) is 0 Å². The first kappa shape index (κ1) is 20.9. The molecule has 0 aromatic carbocycles. The molecule has 4 aromatic heterocycles. The Kier molecular flexibility index (Phi) is 4.56. The summed E-state index contributed by atoms with van der Waals surface area (Å²) in [5.74, 6) is 0.882. The van der Waals surface area contributed by atoms with Crippen molar-refractivity contribution >= 4 is 26.5 Å². The molecule has 1 aliphatic rings. The molecule has 32 heavy (non-hydrogen) atoms. The quantitative estimate of drug-likeness (QED) is 0.455. The molecule has 0 spiro atoms. The second-order valence-corrected chi connectivity index (χ2v) is 10.4. The second-order valence-electron chi connectivity index (χ2n) is 7.75. The van der Waals surface area contributed by atoms with Gasteiger partial charge in [-0.1, -0.05) is 6.92 Å². The Morgan fingerprint density at radius 3 is 2.62 bits per heavy atom. The predicted molar refractivity (Wildman–Crippen MR) is 113 cm³/mol. The van der Waals surface area contributed by atoms with E-state index in [2.05, 4.69) is 19.4 Å². The molecule has 0 aliphatic heterocycles. The number of rotatable bonds is 4. The van der Waals surface area contributed by atoms with Gasteiger partial charge in [-0.25, -0.2) is 28.0 Å². The maximum Gasteiger partial charge on any atom is 0.417 e. The lowest BCUT2D eigenvalue weighted by atomic mass is 10.2. The smallest absolute Gasteiger partial charge is 0.312 e. The highest BCUT2D eigenvalue weighted by atomic mass is 32.2. The minimum Gasteiger partial charge on any atom is -0.312 e. The van der Waals surface area contributed by atoms with E-state index in [9.17, 15) is 17.4 Å². The van der Waals surface area contributed by atoms with Crippen molar-refractivity contribution in [3.63, 3.8) is 0 Å². The molecule has 168 valence electrons. The van der Waals surface area contributed by atoms with E-state index in [-0.39, 0.29) is 21.9 Å². The summed E-state index contributed by atoms with van der Waals surface area (Å²) in [5, 5.41) is 4.74. The summed E-state index contributed by atoms with van der Waals surface area (Å²) in [7, 11) is 0.232. The summed E-state index contributed by atoms with van der Waals surface area (Å²) in [6, 6.07) is 2.84. The number of aryl methyl sites for hydroxylation is 1. The Labute approximate surface area is 181 Å². The maximum absolute atomic E-state index is 13.6. The number of pyridine rings is 1. The van der Waals surface area contributed by atoms with Gasteiger partial charge >= 0.3 is 6.18 Å². The van der Waals surface area contributed by atoms with Gasteiger partial charge in [0.25, 0.3) is 0 Å². The predicted octanol–water partition coefficient (Wildman–Crippen LogP) is 4.05. The fraction of sp³-hybridized carbons (Fsp3) is 0.400. The lowest BCUT2D eigenvalue weighted by molar-refractivity contribution is -0.137. The van der Waals surface area contributed by atoms with Gasteiger partial charge in [-0.15, -0.1) is 0 Å². The van der Waals surface area contributed by atoms with E-state index in [0.717, 1.165) is 30.8 Å². The van der Waals surface area contributed by atoms with Crippen molar-refractivity contribution in [3.8, 4) is 11.4 Å². The summed E-state index contributed by atoms with van der Waals surface area (Å²) < 4.78 is 60.4. The molecule has 1 fully saturated rings. The van der Waals surface area contributed by atoms with Crippen LogP contribution >= 0.6 is 0 Å². The number of imidazole rings is 1. The first-order valence-electron chi connectivity index (χ1n) is 10.1. The third kappa shape index (κ3) is 3.15. The molecule has 1 atom stereocenters. The molecule has 0 saturated heterocycles. The minimum atomic E-state index is -4.53. The molecule has 0 amide bonds. The monoisotopic (exact) mass is 463 g/mol. The molecule has 0 radical (unpaired) electrons. The second kappa shape index (κ2) is 6.99. The van der Waals surface area contributed by atoms with E-state index in [1.807, 2.05) is 6.07 Å². The number of alkyl halides is 3. The summed E-state index contributed by atoms with van der Waals surface area (Å²) >= 11 is 0. The first-order valence-corrected chi connectivity index (χ1v) is 11.8. The third-order valence-corrected chi connectivity index (χ3v) is 7.98. The summed E-state index contributed by atoms with van der Waals surface area (Å²) in [6.45, 7) is 1.75. The van der Waals surface area contributed by atoms with Gasteiger partial charge in [0.2, 0.25) is 0 Å². The SMILES string of the molecule is CCS(=O)(=NC)c1nn2ccc(C3CC3)nc2c1-c1nc2cc(C(F)(F)F)cnc2n1C. The molecule has 1 aliphatic carbocycles. The van der Waals surface area contributed by atoms with Crippen LogP contribution in [0.5, 0.6) is 0 Å². The van der Waals surface area contributed by atoms with Crippen molar-refractivity contribution in [2.45, 2.75) is 36.9 Å². The molecule has 8 nitrogen and oxygen atoms in total. The van der Waals surface area contributed by atoms with Crippen LogP contribution in [-0.2, 0) is 23.0 Å². The number of halogens is 3. The van der Waals surface area contributed by atoms with Gasteiger partial charge in [-0.3, -0.25) is 0 Å². The highest BCUT2D eigenvalue weighted by Crippen LogP contribution is 2.40. The molecular weight excluding hydrogens is 443 g/mol. The zero-order valence-electron chi connectivity index (χ0n) is 17.6. The standard InChI is InChI=1S/C20H20F3N7OS/c1-4-32(31,24-2)19-15(18-26-13(11-5-6-11)7-8-30(18)28-19)17-27-14-9-12(20(21,22)23)10-25-16(14)29(17)3/h7-11H,4-6H2,1-3H3. The average molecular weight is 463 g/mol. The summed E-state index contributed by atoms with van der Waals surface area (Å²) in [6.07, 6.45) is 0.103. The van der Waals surface area contributed by atoms with Crippen molar-refractivity contribution in [2.24, 2.45) is 11.4 Å². The van der Waals surface area contributed by atoms with Crippen LogP contribution in [0, 0.1) is 0 Å². The van der Waals surface area contributed by atoms with Crippen LogP contribution in [0.2, 0.25) is 0 Å². The van der Waals surface area contributed by atoms with Crippen molar-refractivity contribution < 1.29 is 17.4 Å². The number of hydrogen-bond donors (Lipinski definition) is 0. The number of hydrogen-bond acceptors (Lipinski definition) is 6. The fourth-order valence-corrected chi connectivity index (χ4v) is 5.18. The van der Waals surface area contributed by atoms with Crippen molar-refractivity contribution in [1.82, 2.24) is 29.1 Å². The van der Waals surface area contributed by atoms with Crippen LogP contribution in [0.3, 0.4) is 0 Å². The lowest BCUT2D eigenvalue weighted by Crippen LogP contribution is -2.07. The molecule has 4 aromatic rings. The van der Waals surface area contributed by atoms with Gasteiger partial charge in [-0.05, 0) is 25.0 Å². The van der Waals surface area contributed by atoms with E-state index in [4.69, 9.17) is 4.98 Å². The van der Waals surface area contributed by atoms with Gasteiger partial charge in [0, 0.05) is 43.9 Å². The summed E-state index contributed by atoms with van der Waals surface area (Å²) in [5.41, 5.74) is 1.22. The lowest BCUT2D eigenvalue weighted by Gasteiger charge is -2.07. The van der Waals surface area contributed by atoms with Gasteiger partial charge in [0.15, 0.2) is 16.3 Å². The van der Waals surface area contributed by atoms with E-state index in [0.29, 0.717) is 23.0 Å².